The second-order valence-electron chi connectivity index (χ2n) is 4.35. The van der Waals surface area contributed by atoms with Crippen molar-refractivity contribution in [2.24, 2.45) is 7.05 Å². The third-order valence-corrected chi connectivity index (χ3v) is 3.52. The zero-order chi connectivity index (χ0) is 13.3. The highest BCUT2D eigenvalue weighted by Crippen LogP contribution is 2.30. The first-order valence-electron chi connectivity index (χ1n) is 5.65. The van der Waals surface area contributed by atoms with E-state index in [1.54, 1.807) is 6.33 Å². The molecule has 1 unspecified atom stereocenters. The van der Waals surface area contributed by atoms with Gasteiger partial charge in [-0.25, -0.2) is 0 Å². The van der Waals surface area contributed by atoms with Crippen molar-refractivity contribution in [2.75, 3.05) is 11.1 Å². The van der Waals surface area contributed by atoms with Gasteiger partial charge >= 0.3 is 0 Å². The Morgan fingerprint density at radius 3 is 2.78 bits per heavy atom. The van der Waals surface area contributed by atoms with Crippen LogP contribution in [0.4, 0.5) is 11.4 Å². The molecule has 0 aliphatic rings. The Morgan fingerprint density at radius 2 is 2.17 bits per heavy atom. The molecule has 0 saturated carbocycles. The van der Waals surface area contributed by atoms with E-state index in [-0.39, 0.29) is 6.04 Å². The molecule has 0 saturated heterocycles. The molecule has 1 atom stereocenters. The second-order valence-corrected chi connectivity index (χ2v) is 5.21. The topological polar surface area (TPSA) is 68.8 Å². The molecule has 6 heteroatoms. The van der Waals surface area contributed by atoms with Crippen LogP contribution in [-0.4, -0.2) is 14.8 Å². The van der Waals surface area contributed by atoms with Gasteiger partial charge in [0.15, 0.2) is 5.82 Å². The number of hydrogen-bond acceptors (Lipinski definition) is 4. The molecule has 5 nitrogen and oxygen atoms in total. The maximum absolute atomic E-state index is 5.85. The Balaban J connectivity index is 2.24. The van der Waals surface area contributed by atoms with E-state index in [1.807, 2.05) is 37.6 Å². The lowest BCUT2D eigenvalue weighted by molar-refractivity contribution is 0.719. The first-order chi connectivity index (χ1) is 8.49. The van der Waals surface area contributed by atoms with E-state index >= 15 is 0 Å². The van der Waals surface area contributed by atoms with Crippen LogP contribution in [0.1, 0.15) is 24.4 Å². The third kappa shape index (κ3) is 2.48. The molecule has 96 valence electrons. The van der Waals surface area contributed by atoms with Crippen LogP contribution in [0.5, 0.6) is 0 Å². The lowest BCUT2D eigenvalue weighted by atomic mass is 10.1. The minimum atomic E-state index is 0.0665. The van der Waals surface area contributed by atoms with Crippen LogP contribution in [0, 0.1) is 6.92 Å². The smallest absolute Gasteiger partial charge is 0.154 e. The normalized spacial score (nSPS) is 12.4. The van der Waals surface area contributed by atoms with Crippen LogP contribution in [0.15, 0.2) is 22.9 Å². The van der Waals surface area contributed by atoms with Gasteiger partial charge in [0.05, 0.1) is 6.04 Å². The molecule has 2 aromatic rings. The van der Waals surface area contributed by atoms with E-state index in [4.69, 9.17) is 5.73 Å². The lowest BCUT2D eigenvalue weighted by Crippen LogP contribution is -2.12. The number of nitrogens with two attached hydrogens (primary N) is 1. The number of rotatable bonds is 3. The van der Waals surface area contributed by atoms with Crippen molar-refractivity contribution in [1.82, 2.24) is 14.8 Å². The summed E-state index contributed by atoms with van der Waals surface area (Å²) in [6, 6.07) is 3.99. The van der Waals surface area contributed by atoms with Gasteiger partial charge in [0.25, 0.3) is 0 Å². The average Bonchev–Trinajstić information content (AvgIpc) is 2.72. The standard InChI is InChI=1S/C12H16BrN5/c1-7-4-11(9(13)5-10(7)14)16-8(2)12-17-15-6-18(12)3/h4-6,8,16H,14H2,1-3H3. The van der Waals surface area contributed by atoms with Crippen molar-refractivity contribution in [2.45, 2.75) is 19.9 Å². The molecule has 1 aromatic heterocycles. The number of halogens is 1. The molecule has 1 heterocycles. The number of nitrogens with zero attached hydrogens (tertiary/aromatic N) is 3. The molecule has 2 rings (SSSR count). The van der Waals surface area contributed by atoms with Gasteiger partial charge in [-0.3, -0.25) is 0 Å². The highest BCUT2D eigenvalue weighted by atomic mass is 79.9. The van der Waals surface area contributed by atoms with Crippen molar-refractivity contribution >= 4 is 27.3 Å². The van der Waals surface area contributed by atoms with Crippen LogP contribution in [-0.2, 0) is 7.05 Å². The van der Waals surface area contributed by atoms with E-state index in [9.17, 15) is 0 Å². The fraction of sp³-hybridized carbons (Fsp3) is 0.333. The number of nitrogen functional groups attached to an aromatic ring is 1. The second kappa shape index (κ2) is 4.97. The molecule has 3 N–H and O–H groups in total. The number of anilines is 2. The van der Waals surface area contributed by atoms with Crippen molar-refractivity contribution < 1.29 is 0 Å². The third-order valence-electron chi connectivity index (χ3n) is 2.86. The Kier molecular flexibility index (Phi) is 3.56. The van der Waals surface area contributed by atoms with Crippen LogP contribution in [0.3, 0.4) is 0 Å². The zero-order valence-electron chi connectivity index (χ0n) is 10.6. The molecular weight excluding hydrogens is 294 g/mol. The Labute approximate surface area is 115 Å². The van der Waals surface area contributed by atoms with Gasteiger partial charge in [0.2, 0.25) is 0 Å². The minimum Gasteiger partial charge on any atom is -0.398 e. The molecule has 0 fully saturated rings. The highest BCUT2D eigenvalue weighted by molar-refractivity contribution is 9.10. The molecule has 0 amide bonds. The summed E-state index contributed by atoms with van der Waals surface area (Å²) < 4.78 is 2.84. The Bertz CT molecular complexity index is 564. The van der Waals surface area contributed by atoms with Crippen LogP contribution in [0.25, 0.3) is 0 Å². The zero-order valence-corrected chi connectivity index (χ0v) is 12.2. The Hall–Kier alpha value is -1.56. The summed E-state index contributed by atoms with van der Waals surface area (Å²) in [7, 11) is 1.93. The number of benzene rings is 1. The predicted molar refractivity (Wildman–Crippen MR) is 76.3 cm³/mol. The Morgan fingerprint density at radius 1 is 1.44 bits per heavy atom. The summed E-state index contributed by atoms with van der Waals surface area (Å²) >= 11 is 3.51. The van der Waals surface area contributed by atoms with Gasteiger partial charge in [0, 0.05) is 22.9 Å². The van der Waals surface area contributed by atoms with E-state index in [1.165, 1.54) is 0 Å². The SMILES string of the molecule is Cc1cc(NC(C)c2nncn2C)c(Br)cc1N. The highest BCUT2D eigenvalue weighted by Gasteiger charge is 2.13. The van der Waals surface area contributed by atoms with E-state index in [0.717, 1.165) is 27.2 Å². The van der Waals surface area contributed by atoms with Crippen molar-refractivity contribution in [1.29, 1.82) is 0 Å². The number of aromatic nitrogens is 3. The maximum atomic E-state index is 5.85. The largest absolute Gasteiger partial charge is 0.398 e. The van der Waals surface area contributed by atoms with E-state index < -0.39 is 0 Å². The average molecular weight is 310 g/mol. The fourth-order valence-corrected chi connectivity index (χ4v) is 2.27. The molecule has 0 radical (unpaired) electrons. The molecule has 0 bridgehead atoms. The summed E-state index contributed by atoms with van der Waals surface area (Å²) in [4.78, 5) is 0. The number of hydrogen-bond donors (Lipinski definition) is 2. The summed E-state index contributed by atoms with van der Waals surface area (Å²) in [6.07, 6.45) is 1.69. The fourth-order valence-electron chi connectivity index (χ4n) is 1.79. The van der Waals surface area contributed by atoms with Gasteiger partial charge in [-0.15, -0.1) is 10.2 Å². The van der Waals surface area contributed by atoms with E-state index in [2.05, 4.69) is 31.4 Å². The van der Waals surface area contributed by atoms with Gasteiger partial charge in [0.1, 0.15) is 6.33 Å². The van der Waals surface area contributed by atoms with Gasteiger partial charge in [-0.05, 0) is 47.5 Å². The van der Waals surface area contributed by atoms with Crippen LogP contribution >= 0.6 is 15.9 Å². The molecule has 0 spiro atoms. The molecule has 1 aromatic carbocycles. The molecule has 18 heavy (non-hydrogen) atoms. The van der Waals surface area contributed by atoms with Crippen molar-refractivity contribution in [3.63, 3.8) is 0 Å². The molecular formula is C12H16BrN5. The van der Waals surface area contributed by atoms with Crippen molar-refractivity contribution in [3.8, 4) is 0 Å². The van der Waals surface area contributed by atoms with Crippen molar-refractivity contribution in [3.05, 3.63) is 34.3 Å². The summed E-state index contributed by atoms with van der Waals surface area (Å²) in [5, 5.41) is 11.4. The molecule has 0 aliphatic heterocycles. The molecule has 0 aliphatic carbocycles. The first-order valence-corrected chi connectivity index (χ1v) is 6.44. The summed E-state index contributed by atoms with van der Waals surface area (Å²) in [6.45, 7) is 4.03. The lowest BCUT2D eigenvalue weighted by Gasteiger charge is -2.16. The minimum absolute atomic E-state index is 0.0665. The number of nitrogens with one attached hydrogen (secondary N) is 1. The van der Waals surface area contributed by atoms with Gasteiger partial charge < -0.3 is 15.6 Å². The summed E-state index contributed by atoms with van der Waals surface area (Å²) in [5.41, 5.74) is 8.68. The van der Waals surface area contributed by atoms with Crippen LogP contribution < -0.4 is 11.1 Å². The number of aryl methyl sites for hydroxylation is 2. The van der Waals surface area contributed by atoms with Crippen LogP contribution in [0.2, 0.25) is 0 Å². The van der Waals surface area contributed by atoms with E-state index in [0.29, 0.717) is 0 Å². The quantitative estimate of drug-likeness (QED) is 0.855. The summed E-state index contributed by atoms with van der Waals surface area (Å²) in [5.74, 6) is 0.886. The predicted octanol–water partition coefficient (Wildman–Crippen LogP) is 2.64. The monoisotopic (exact) mass is 309 g/mol. The first kappa shape index (κ1) is 12.9. The van der Waals surface area contributed by atoms with Gasteiger partial charge in [-0.2, -0.15) is 0 Å². The maximum Gasteiger partial charge on any atom is 0.154 e. The van der Waals surface area contributed by atoms with Gasteiger partial charge in [-0.1, -0.05) is 0 Å².